The number of nitrogens with zero attached hydrogens (tertiary/aromatic N) is 2. The zero-order valence-electron chi connectivity index (χ0n) is 10.1. The van der Waals surface area contributed by atoms with E-state index in [0.29, 0.717) is 0 Å². The Kier molecular flexibility index (Phi) is 4.45. The maximum Gasteiger partial charge on any atom is 0.337 e. The van der Waals surface area contributed by atoms with Crippen molar-refractivity contribution in [2.45, 2.75) is 4.90 Å². The standard InChI is InChI=1S/C11H7BrClN3O4S/c12-8-4-6(3-7(10(8)13)11(17)18)21(19,20)16-9-5-14-1-2-15-9/h1-5H,(H,15,16)(H,17,18). The van der Waals surface area contributed by atoms with Crippen LogP contribution in [0.25, 0.3) is 0 Å². The molecule has 0 atom stereocenters. The molecule has 0 unspecified atom stereocenters. The van der Waals surface area contributed by atoms with Crippen molar-refractivity contribution < 1.29 is 18.3 Å². The highest BCUT2D eigenvalue weighted by molar-refractivity contribution is 9.10. The molecule has 0 aliphatic heterocycles. The highest BCUT2D eigenvalue weighted by Gasteiger charge is 2.21. The van der Waals surface area contributed by atoms with Gasteiger partial charge < -0.3 is 5.11 Å². The third-order valence-corrected chi connectivity index (χ3v) is 4.94. The summed E-state index contributed by atoms with van der Waals surface area (Å²) in [7, 11) is -4.01. The van der Waals surface area contributed by atoms with Crippen molar-refractivity contribution in [3.05, 3.63) is 45.8 Å². The monoisotopic (exact) mass is 391 g/mol. The van der Waals surface area contributed by atoms with E-state index >= 15 is 0 Å². The number of aromatic carboxylic acids is 1. The lowest BCUT2D eigenvalue weighted by molar-refractivity contribution is 0.0696. The Hall–Kier alpha value is -1.71. The smallest absolute Gasteiger partial charge is 0.337 e. The number of nitrogens with one attached hydrogen (secondary N) is 1. The normalized spacial score (nSPS) is 11.1. The van der Waals surface area contributed by atoms with Crippen LogP contribution in [0.3, 0.4) is 0 Å². The molecule has 0 amide bonds. The lowest BCUT2D eigenvalue weighted by Gasteiger charge is -2.09. The van der Waals surface area contributed by atoms with Gasteiger partial charge in [-0.05, 0) is 28.1 Å². The fraction of sp³-hybridized carbons (Fsp3) is 0. The Labute approximate surface area is 133 Å². The van der Waals surface area contributed by atoms with E-state index in [4.69, 9.17) is 16.7 Å². The van der Waals surface area contributed by atoms with Gasteiger partial charge in [-0.25, -0.2) is 18.2 Å². The van der Waals surface area contributed by atoms with Crippen LogP contribution in [0.1, 0.15) is 10.4 Å². The van der Waals surface area contributed by atoms with E-state index < -0.39 is 16.0 Å². The number of halogens is 2. The van der Waals surface area contributed by atoms with Crippen LogP contribution < -0.4 is 4.72 Å². The minimum absolute atomic E-state index is 0.0143. The van der Waals surface area contributed by atoms with Gasteiger partial charge in [-0.1, -0.05) is 11.6 Å². The molecule has 0 bridgehead atoms. The van der Waals surface area contributed by atoms with Crippen molar-refractivity contribution >= 4 is 49.3 Å². The molecule has 1 aromatic heterocycles. The molecule has 0 saturated carbocycles. The zero-order chi connectivity index (χ0) is 15.6. The third kappa shape index (κ3) is 3.49. The Balaban J connectivity index is 2.48. The molecule has 0 radical (unpaired) electrons. The summed E-state index contributed by atoms with van der Waals surface area (Å²) in [6, 6.07) is 2.17. The molecule has 7 nitrogen and oxygen atoms in total. The second-order valence-corrected chi connectivity index (χ2v) is 6.68. The topological polar surface area (TPSA) is 109 Å². The van der Waals surface area contributed by atoms with E-state index in [0.717, 1.165) is 6.07 Å². The first kappa shape index (κ1) is 15.7. The molecule has 10 heteroatoms. The van der Waals surface area contributed by atoms with Crippen molar-refractivity contribution in [2.24, 2.45) is 0 Å². The van der Waals surface area contributed by atoms with Crippen LogP contribution >= 0.6 is 27.5 Å². The lowest BCUT2D eigenvalue weighted by Crippen LogP contribution is -2.15. The molecule has 2 N–H and O–H groups in total. The summed E-state index contributed by atoms with van der Waals surface area (Å²) >= 11 is 8.83. The lowest BCUT2D eigenvalue weighted by atomic mass is 10.2. The molecule has 0 saturated heterocycles. The van der Waals surface area contributed by atoms with Gasteiger partial charge in [0.05, 0.1) is 21.7 Å². The first-order valence-corrected chi connectivity index (χ1v) is 7.98. The summed E-state index contributed by atoms with van der Waals surface area (Å²) in [6.07, 6.45) is 3.93. The Morgan fingerprint density at radius 3 is 2.62 bits per heavy atom. The molecule has 0 spiro atoms. The van der Waals surface area contributed by atoms with Gasteiger partial charge in [0.2, 0.25) is 0 Å². The third-order valence-electron chi connectivity index (χ3n) is 2.34. The van der Waals surface area contributed by atoms with E-state index in [-0.39, 0.29) is 25.8 Å². The van der Waals surface area contributed by atoms with Gasteiger partial charge in [-0.15, -0.1) is 0 Å². The SMILES string of the molecule is O=C(O)c1cc(S(=O)(=O)Nc2cnccn2)cc(Br)c1Cl. The van der Waals surface area contributed by atoms with Crippen molar-refractivity contribution in [3.8, 4) is 0 Å². The number of aromatic nitrogens is 2. The van der Waals surface area contributed by atoms with E-state index in [1.54, 1.807) is 0 Å². The molecule has 0 aliphatic carbocycles. The number of carboxylic acids is 1. The van der Waals surface area contributed by atoms with Gasteiger partial charge in [0.25, 0.3) is 10.0 Å². The van der Waals surface area contributed by atoms with Gasteiger partial charge in [-0.3, -0.25) is 9.71 Å². The van der Waals surface area contributed by atoms with Crippen molar-refractivity contribution in [1.29, 1.82) is 0 Å². The minimum Gasteiger partial charge on any atom is -0.478 e. The summed E-state index contributed by atoms with van der Waals surface area (Å²) in [4.78, 5) is 18.3. The summed E-state index contributed by atoms with van der Waals surface area (Å²) in [6.45, 7) is 0. The average molecular weight is 393 g/mol. The average Bonchev–Trinajstić information content (AvgIpc) is 2.41. The van der Waals surface area contributed by atoms with E-state index in [9.17, 15) is 13.2 Å². The molecule has 21 heavy (non-hydrogen) atoms. The maximum absolute atomic E-state index is 12.2. The van der Waals surface area contributed by atoms with Crippen molar-refractivity contribution in [1.82, 2.24) is 9.97 Å². The predicted octanol–water partition coefficient (Wildman–Crippen LogP) is 2.39. The van der Waals surface area contributed by atoms with Crippen LogP contribution in [-0.2, 0) is 10.0 Å². The molecule has 0 aliphatic rings. The number of benzene rings is 1. The van der Waals surface area contributed by atoms with E-state index in [1.807, 2.05) is 0 Å². The van der Waals surface area contributed by atoms with Crippen molar-refractivity contribution in [3.63, 3.8) is 0 Å². The van der Waals surface area contributed by atoms with E-state index in [1.165, 1.54) is 24.7 Å². The number of rotatable bonds is 4. The Morgan fingerprint density at radius 1 is 1.33 bits per heavy atom. The molecule has 2 aromatic rings. The number of sulfonamides is 1. The predicted molar refractivity (Wildman–Crippen MR) is 79.0 cm³/mol. The van der Waals surface area contributed by atoms with Crippen LogP contribution in [0, 0.1) is 0 Å². The summed E-state index contributed by atoms with van der Waals surface area (Å²) in [5.74, 6) is -1.32. The second kappa shape index (κ2) is 5.96. The number of anilines is 1. The number of hydrogen-bond donors (Lipinski definition) is 2. The second-order valence-electron chi connectivity index (χ2n) is 3.77. The van der Waals surface area contributed by atoms with Gasteiger partial charge in [-0.2, -0.15) is 0 Å². The minimum atomic E-state index is -4.01. The molecule has 110 valence electrons. The van der Waals surface area contributed by atoms with Gasteiger partial charge in [0.15, 0.2) is 5.82 Å². The van der Waals surface area contributed by atoms with Crippen LogP contribution in [-0.4, -0.2) is 29.5 Å². The highest BCUT2D eigenvalue weighted by atomic mass is 79.9. The Bertz CT molecular complexity index is 799. The molecule has 1 heterocycles. The van der Waals surface area contributed by atoms with Gasteiger partial charge in [0, 0.05) is 16.9 Å². The van der Waals surface area contributed by atoms with Crippen molar-refractivity contribution in [2.75, 3.05) is 4.72 Å². The summed E-state index contributed by atoms with van der Waals surface area (Å²) in [5.41, 5.74) is -0.328. The molecular formula is C11H7BrClN3O4S. The van der Waals surface area contributed by atoms with Crippen LogP contribution in [0.4, 0.5) is 5.82 Å². The largest absolute Gasteiger partial charge is 0.478 e. The van der Waals surface area contributed by atoms with Crippen LogP contribution in [0.5, 0.6) is 0 Å². The quantitative estimate of drug-likeness (QED) is 0.827. The summed E-state index contributed by atoms with van der Waals surface area (Å²) in [5, 5.41) is 8.94. The number of hydrogen-bond acceptors (Lipinski definition) is 5. The maximum atomic E-state index is 12.2. The van der Waals surface area contributed by atoms with Gasteiger partial charge in [0.1, 0.15) is 0 Å². The molecule has 2 rings (SSSR count). The van der Waals surface area contributed by atoms with Gasteiger partial charge >= 0.3 is 5.97 Å². The number of carboxylic acid groups (broad SMARTS) is 1. The molecule has 0 fully saturated rings. The van der Waals surface area contributed by atoms with Crippen LogP contribution in [0.15, 0.2) is 40.1 Å². The molecule has 1 aromatic carbocycles. The first-order valence-electron chi connectivity index (χ1n) is 5.32. The van der Waals surface area contributed by atoms with E-state index in [2.05, 4.69) is 30.6 Å². The zero-order valence-corrected chi connectivity index (χ0v) is 13.3. The van der Waals surface area contributed by atoms with Crippen LogP contribution in [0.2, 0.25) is 5.02 Å². The number of carbonyl (C=O) groups is 1. The Morgan fingerprint density at radius 2 is 2.05 bits per heavy atom. The highest BCUT2D eigenvalue weighted by Crippen LogP contribution is 2.30. The fourth-order valence-electron chi connectivity index (χ4n) is 1.42. The first-order chi connectivity index (χ1) is 9.81. The fourth-order valence-corrected chi connectivity index (χ4v) is 3.27. The molecular weight excluding hydrogens is 386 g/mol. The summed E-state index contributed by atoms with van der Waals surface area (Å²) < 4.78 is 26.8.